The number of nitrogens with two attached hydrogens (primary N) is 1. The first-order chi connectivity index (χ1) is 9.92. The minimum absolute atomic E-state index is 0.115. The van der Waals surface area contributed by atoms with Crippen molar-refractivity contribution in [2.24, 2.45) is 17.6 Å². The summed E-state index contributed by atoms with van der Waals surface area (Å²) in [5.41, 5.74) is 7.40. The van der Waals surface area contributed by atoms with E-state index in [9.17, 15) is 8.42 Å². The molecule has 6 heteroatoms. The summed E-state index contributed by atoms with van der Waals surface area (Å²) in [7, 11) is -3.51. The van der Waals surface area contributed by atoms with Gasteiger partial charge in [0, 0.05) is 17.1 Å². The summed E-state index contributed by atoms with van der Waals surface area (Å²) in [5, 5.41) is 0. The monoisotopic (exact) mass is 372 g/mol. The molecule has 3 rings (SSSR count). The van der Waals surface area contributed by atoms with Gasteiger partial charge in [0.1, 0.15) is 0 Å². The molecule has 2 aliphatic carbocycles. The summed E-state index contributed by atoms with van der Waals surface area (Å²) >= 11 is 3.41. The first kappa shape index (κ1) is 15.5. The second-order valence-electron chi connectivity index (χ2n) is 6.25. The molecule has 0 bridgehead atoms. The summed E-state index contributed by atoms with van der Waals surface area (Å²) in [6.45, 7) is 2.23. The lowest BCUT2D eigenvalue weighted by Crippen LogP contribution is -2.38. The van der Waals surface area contributed by atoms with Gasteiger partial charge in [-0.15, -0.1) is 0 Å². The fourth-order valence-corrected chi connectivity index (χ4v) is 5.30. The summed E-state index contributed by atoms with van der Waals surface area (Å²) in [4.78, 5) is 0.314. The Morgan fingerprint density at radius 2 is 1.86 bits per heavy atom. The molecule has 0 aromatic heterocycles. The van der Waals surface area contributed by atoms with Crippen molar-refractivity contribution in [1.29, 1.82) is 0 Å². The van der Waals surface area contributed by atoms with Crippen LogP contribution in [0.4, 0.5) is 0 Å². The van der Waals surface area contributed by atoms with Crippen LogP contribution in [0, 0.1) is 18.8 Å². The zero-order valence-corrected chi connectivity index (χ0v) is 14.5. The quantitative estimate of drug-likeness (QED) is 0.805. The Kier molecular flexibility index (Phi) is 4.16. The van der Waals surface area contributed by atoms with Gasteiger partial charge in [0.15, 0.2) is 0 Å². The van der Waals surface area contributed by atoms with Gasteiger partial charge in [-0.25, -0.2) is 13.1 Å². The number of nitrogens with one attached hydrogen (secondary N) is 1. The number of halogens is 1. The summed E-state index contributed by atoms with van der Waals surface area (Å²) in [6.07, 6.45) is 4.58. The van der Waals surface area contributed by atoms with Crippen molar-refractivity contribution >= 4 is 26.0 Å². The van der Waals surface area contributed by atoms with Crippen LogP contribution >= 0.6 is 15.9 Å². The van der Waals surface area contributed by atoms with E-state index in [1.807, 2.05) is 13.0 Å². The maximum atomic E-state index is 12.8. The number of rotatable bonds is 6. The number of benzene rings is 1. The fourth-order valence-electron chi connectivity index (χ4n) is 2.85. The van der Waals surface area contributed by atoms with Crippen LogP contribution in [0.2, 0.25) is 0 Å². The molecular weight excluding hydrogens is 352 g/mol. The van der Waals surface area contributed by atoms with Crippen LogP contribution < -0.4 is 10.5 Å². The standard InChI is InChI=1S/C15H21BrN2O2S/c1-9-6-10(8-17)7-13(14(9)16)21(19,20)18-15(11-2-3-11)12-4-5-12/h6-7,11-12,15,18H,2-5,8,17H2,1H3. The van der Waals surface area contributed by atoms with E-state index in [1.165, 1.54) is 0 Å². The van der Waals surface area contributed by atoms with Crippen molar-refractivity contribution in [3.8, 4) is 0 Å². The first-order valence-corrected chi connectivity index (χ1v) is 9.71. The fraction of sp³-hybridized carbons (Fsp3) is 0.600. The van der Waals surface area contributed by atoms with Crippen molar-refractivity contribution in [1.82, 2.24) is 4.72 Å². The second-order valence-corrected chi connectivity index (χ2v) is 8.73. The van der Waals surface area contributed by atoms with Gasteiger partial charge < -0.3 is 5.73 Å². The summed E-state index contributed by atoms with van der Waals surface area (Å²) in [5.74, 6) is 1.06. The number of sulfonamides is 1. The smallest absolute Gasteiger partial charge is 0.241 e. The maximum absolute atomic E-state index is 12.8. The lowest BCUT2D eigenvalue weighted by atomic mass is 10.1. The van der Waals surface area contributed by atoms with Gasteiger partial charge in [-0.2, -0.15) is 0 Å². The van der Waals surface area contributed by atoms with Gasteiger partial charge in [0.05, 0.1) is 4.90 Å². The molecule has 0 saturated heterocycles. The van der Waals surface area contributed by atoms with Crippen LogP contribution in [0.5, 0.6) is 0 Å². The highest BCUT2D eigenvalue weighted by molar-refractivity contribution is 9.10. The molecule has 21 heavy (non-hydrogen) atoms. The van der Waals surface area contributed by atoms with E-state index in [0.29, 0.717) is 27.7 Å². The average Bonchev–Trinajstić information content (AvgIpc) is 3.30. The lowest BCUT2D eigenvalue weighted by molar-refractivity contribution is 0.471. The number of hydrogen-bond donors (Lipinski definition) is 2. The van der Waals surface area contributed by atoms with E-state index in [-0.39, 0.29) is 6.04 Å². The Balaban J connectivity index is 1.92. The van der Waals surface area contributed by atoms with Crippen molar-refractivity contribution in [3.05, 3.63) is 27.7 Å². The molecule has 0 atom stereocenters. The molecule has 0 heterocycles. The molecule has 1 aromatic rings. The van der Waals surface area contributed by atoms with E-state index in [1.54, 1.807) is 6.07 Å². The Labute approximate surface area is 134 Å². The van der Waals surface area contributed by atoms with E-state index < -0.39 is 10.0 Å². The average molecular weight is 373 g/mol. The summed E-state index contributed by atoms with van der Waals surface area (Å²) in [6, 6.07) is 3.71. The molecule has 3 N–H and O–H groups in total. The van der Waals surface area contributed by atoms with Gasteiger partial charge in [-0.1, -0.05) is 6.07 Å². The molecule has 2 saturated carbocycles. The van der Waals surface area contributed by atoms with Gasteiger partial charge in [0.25, 0.3) is 0 Å². The highest BCUT2D eigenvalue weighted by atomic mass is 79.9. The van der Waals surface area contributed by atoms with E-state index in [2.05, 4.69) is 20.7 Å². The lowest BCUT2D eigenvalue weighted by Gasteiger charge is -2.19. The van der Waals surface area contributed by atoms with E-state index in [0.717, 1.165) is 36.8 Å². The van der Waals surface area contributed by atoms with Crippen LogP contribution in [0.25, 0.3) is 0 Å². The normalized spacial score (nSPS) is 19.2. The van der Waals surface area contributed by atoms with Gasteiger partial charge >= 0.3 is 0 Å². The second kappa shape index (κ2) is 5.65. The Morgan fingerprint density at radius 3 is 2.33 bits per heavy atom. The Morgan fingerprint density at radius 1 is 1.29 bits per heavy atom. The van der Waals surface area contributed by atoms with Crippen LogP contribution in [-0.4, -0.2) is 14.5 Å². The molecule has 0 amide bonds. The van der Waals surface area contributed by atoms with Gasteiger partial charge in [-0.05, 0) is 77.6 Å². The third-order valence-electron chi connectivity index (χ3n) is 4.36. The Hall–Kier alpha value is -0.430. The Bertz CT molecular complexity index is 640. The molecule has 1 aromatic carbocycles. The molecule has 2 aliphatic rings. The van der Waals surface area contributed by atoms with Gasteiger partial charge in [-0.3, -0.25) is 0 Å². The van der Waals surface area contributed by atoms with Crippen molar-refractivity contribution < 1.29 is 8.42 Å². The van der Waals surface area contributed by atoms with Crippen LogP contribution in [0.15, 0.2) is 21.5 Å². The molecule has 2 fully saturated rings. The highest BCUT2D eigenvalue weighted by Crippen LogP contribution is 2.45. The third-order valence-corrected chi connectivity index (χ3v) is 7.16. The zero-order chi connectivity index (χ0) is 15.2. The number of aryl methyl sites for hydroxylation is 1. The van der Waals surface area contributed by atoms with Crippen molar-refractivity contribution in [3.63, 3.8) is 0 Å². The van der Waals surface area contributed by atoms with E-state index >= 15 is 0 Å². The van der Waals surface area contributed by atoms with Crippen LogP contribution in [0.1, 0.15) is 36.8 Å². The number of hydrogen-bond acceptors (Lipinski definition) is 3. The third kappa shape index (κ3) is 3.33. The molecule has 0 radical (unpaired) electrons. The van der Waals surface area contributed by atoms with Crippen LogP contribution in [-0.2, 0) is 16.6 Å². The predicted octanol–water partition coefficient (Wildman–Crippen LogP) is 2.68. The molecule has 116 valence electrons. The zero-order valence-electron chi connectivity index (χ0n) is 12.1. The highest BCUT2D eigenvalue weighted by Gasteiger charge is 2.43. The summed E-state index contributed by atoms with van der Waals surface area (Å²) < 4.78 is 29.1. The molecule has 0 spiro atoms. The van der Waals surface area contributed by atoms with Crippen LogP contribution in [0.3, 0.4) is 0 Å². The van der Waals surface area contributed by atoms with E-state index in [4.69, 9.17) is 5.73 Å². The maximum Gasteiger partial charge on any atom is 0.241 e. The molecule has 0 unspecified atom stereocenters. The minimum atomic E-state index is -3.51. The minimum Gasteiger partial charge on any atom is -0.326 e. The topological polar surface area (TPSA) is 72.2 Å². The first-order valence-electron chi connectivity index (χ1n) is 7.44. The van der Waals surface area contributed by atoms with Crippen molar-refractivity contribution in [2.75, 3.05) is 0 Å². The van der Waals surface area contributed by atoms with Gasteiger partial charge in [0.2, 0.25) is 10.0 Å². The van der Waals surface area contributed by atoms with Crippen molar-refractivity contribution in [2.45, 2.75) is 50.1 Å². The SMILES string of the molecule is Cc1cc(CN)cc(S(=O)(=O)NC(C2CC2)C2CC2)c1Br. The largest absolute Gasteiger partial charge is 0.326 e. The predicted molar refractivity (Wildman–Crippen MR) is 86.3 cm³/mol. The molecule has 0 aliphatic heterocycles. The molecular formula is C15H21BrN2O2S. The molecule has 4 nitrogen and oxygen atoms in total.